The van der Waals surface area contributed by atoms with Crippen molar-refractivity contribution in [3.05, 3.63) is 0 Å². The smallest absolute Gasteiger partial charge is 0.0790 e. The molecule has 0 aromatic carbocycles. The minimum absolute atomic E-state index is 0.154. The van der Waals surface area contributed by atoms with Gasteiger partial charge in [0.15, 0.2) is 0 Å². The Bertz CT molecular complexity index is 303. The zero-order chi connectivity index (χ0) is 15.6. The molecule has 1 fully saturated rings. The van der Waals surface area contributed by atoms with Crippen molar-refractivity contribution < 1.29 is 9.84 Å². The molecular weight excluding hydrogens is 252 g/mol. The Labute approximate surface area is 124 Å². The van der Waals surface area contributed by atoms with Crippen LogP contribution >= 0.6 is 0 Å². The third-order valence-corrected chi connectivity index (χ3v) is 4.54. The van der Waals surface area contributed by atoms with Crippen molar-refractivity contribution in [2.24, 2.45) is 5.92 Å². The molecule has 1 aliphatic heterocycles. The Hall–Kier alpha value is -0.160. The molecule has 4 nitrogen and oxygen atoms in total. The summed E-state index contributed by atoms with van der Waals surface area (Å²) in [4.78, 5) is 2.35. The summed E-state index contributed by atoms with van der Waals surface area (Å²) >= 11 is 0. The van der Waals surface area contributed by atoms with Crippen LogP contribution in [-0.2, 0) is 4.74 Å². The van der Waals surface area contributed by atoms with Gasteiger partial charge in [-0.25, -0.2) is 0 Å². The van der Waals surface area contributed by atoms with Crippen molar-refractivity contribution in [1.29, 1.82) is 0 Å². The van der Waals surface area contributed by atoms with Crippen LogP contribution in [0.1, 0.15) is 48.5 Å². The molecule has 0 radical (unpaired) electrons. The summed E-state index contributed by atoms with van der Waals surface area (Å²) in [6.45, 7) is 18.1. The topological polar surface area (TPSA) is 44.7 Å². The molecule has 0 amide bonds. The highest BCUT2D eigenvalue weighted by molar-refractivity contribution is 5.06. The van der Waals surface area contributed by atoms with Gasteiger partial charge in [-0.15, -0.1) is 0 Å². The number of aliphatic hydroxyl groups is 1. The molecule has 0 spiro atoms. The van der Waals surface area contributed by atoms with Crippen molar-refractivity contribution in [2.75, 3.05) is 26.2 Å². The number of nitrogens with zero attached hydrogens (tertiary/aromatic N) is 1. The maximum absolute atomic E-state index is 9.27. The van der Waals surface area contributed by atoms with Crippen LogP contribution < -0.4 is 5.32 Å². The molecule has 0 aliphatic carbocycles. The van der Waals surface area contributed by atoms with Gasteiger partial charge in [0.25, 0.3) is 0 Å². The van der Waals surface area contributed by atoms with E-state index in [4.69, 9.17) is 4.74 Å². The normalized spacial score (nSPS) is 28.5. The second-order valence-electron chi connectivity index (χ2n) is 7.26. The molecule has 1 rings (SSSR count). The maximum Gasteiger partial charge on any atom is 0.0790 e. The molecule has 1 aliphatic rings. The van der Waals surface area contributed by atoms with Crippen molar-refractivity contribution in [2.45, 2.75) is 71.8 Å². The zero-order valence-electron chi connectivity index (χ0n) is 14.4. The minimum Gasteiger partial charge on any atom is -0.395 e. The summed E-state index contributed by atoms with van der Waals surface area (Å²) in [7, 11) is 0. The highest BCUT2D eigenvalue weighted by Crippen LogP contribution is 2.42. The van der Waals surface area contributed by atoms with Gasteiger partial charge < -0.3 is 15.2 Å². The molecule has 1 heterocycles. The number of ether oxygens (including phenoxy) is 1. The summed E-state index contributed by atoms with van der Waals surface area (Å²) in [6, 6.07) is 0.770. The Morgan fingerprint density at radius 1 is 1.20 bits per heavy atom. The number of nitrogens with one attached hydrogen (secondary N) is 1. The molecule has 0 aromatic heterocycles. The Balaban J connectivity index is 2.92. The molecule has 2 N–H and O–H groups in total. The summed E-state index contributed by atoms with van der Waals surface area (Å²) < 4.78 is 6.32. The van der Waals surface area contributed by atoms with E-state index in [2.05, 4.69) is 58.7 Å². The van der Waals surface area contributed by atoms with Crippen LogP contribution in [0.3, 0.4) is 0 Å². The van der Waals surface area contributed by atoms with E-state index in [9.17, 15) is 5.11 Å². The quantitative estimate of drug-likeness (QED) is 0.750. The molecular formula is C16H34N2O2. The summed E-state index contributed by atoms with van der Waals surface area (Å²) in [5, 5.41) is 12.9. The lowest BCUT2D eigenvalue weighted by atomic mass is 9.82. The Morgan fingerprint density at radius 3 is 2.25 bits per heavy atom. The lowest BCUT2D eigenvalue weighted by Gasteiger charge is -2.36. The fourth-order valence-electron chi connectivity index (χ4n) is 3.58. The van der Waals surface area contributed by atoms with E-state index in [1.807, 2.05) is 0 Å². The zero-order valence-corrected chi connectivity index (χ0v) is 14.4. The second-order valence-corrected chi connectivity index (χ2v) is 7.26. The van der Waals surface area contributed by atoms with Crippen LogP contribution in [0.2, 0.25) is 0 Å². The number of hydrogen-bond donors (Lipinski definition) is 2. The van der Waals surface area contributed by atoms with Crippen LogP contribution in [0.25, 0.3) is 0 Å². The van der Waals surface area contributed by atoms with Gasteiger partial charge in [-0.1, -0.05) is 6.92 Å². The number of hydrogen-bond acceptors (Lipinski definition) is 4. The highest BCUT2D eigenvalue weighted by atomic mass is 16.5. The largest absolute Gasteiger partial charge is 0.395 e. The van der Waals surface area contributed by atoms with E-state index < -0.39 is 0 Å². The van der Waals surface area contributed by atoms with Crippen molar-refractivity contribution in [3.63, 3.8) is 0 Å². The first-order valence-electron chi connectivity index (χ1n) is 7.94. The van der Waals surface area contributed by atoms with E-state index in [1.54, 1.807) is 0 Å². The molecule has 20 heavy (non-hydrogen) atoms. The Morgan fingerprint density at radius 2 is 1.80 bits per heavy atom. The van der Waals surface area contributed by atoms with Crippen molar-refractivity contribution in [1.82, 2.24) is 10.2 Å². The summed E-state index contributed by atoms with van der Waals surface area (Å²) in [5.74, 6) is 0.409. The predicted octanol–water partition coefficient (Wildman–Crippen LogP) is 1.87. The van der Waals surface area contributed by atoms with Crippen LogP contribution in [0.15, 0.2) is 0 Å². The molecule has 120 valence electrons. The molecule has 1 saturated heterocycles. The average molecular weight is 286 g/mol. The highest BCUT2D eigenvalue weighted by Gasteiger charge is 2.53. The van der Waals surface area contributed by atoms with E-state index >= 15 is 0 Å². The van der Waals surface area contributed by atoms with Gasteiger partial charge in [-0.3, -0.25) is 4.90 Å². The first kappa shape index (κ1) is 17.9. The van der Waals surface area contributed by atoms with Gasteiger partial charge in [-0.05, 0) is 48.1 Å². The molecule has 4 heteroatoms. The van der Waals surface area contributed by atoms with Gasteiger partial charge in [0.2, 0.25) is 0 Å². The van der Waals surface area contributed by atoms with E-state index in [-0.39, 0.29) is 17.8 Å². The number of likely N-dealkylation sites (N-methyl/N-ethyl adjacent to an activating group) is 1. The van der Waals surface area contributed by atoms with Crippen LogP contribution in [0, 0.1) is 5.92 Å². The second kappa shape index (κ2) is 6.73. The van der Waals surface area contributed by atoms with Gasteiger partial charge in [-0.2, -0.15) is 0 Å². The maximum atomic E-state index is 9.27. The average Bonchev–Trinajstić information content (AvgIpc) is 2.46. The van der Waals surface area contributed by atoms with E-state index in [1.165, 1.54) is 0 Å². The number of rotatable bonds is 7. The van der Waals surface area contributed by atoms with Gasteiger partial charge in [0, 0.05) is 31.1 Å². The van der Waals surface area contributed by atoms with Crippen LogP contribution in [-0.4, -0.2) is 59.5 Å². The summed E-state index contributed by atoms with van der Waals surface area (Å²) in [6.07, 6.45) is 0. The third-order valence-electron chi connectivity index (χ3n) is 4.54. The van der Waals surface area contributed by atoms with Crippen LogP contribution in [0.4, 0.5) is 0 Å². The monoisotopic (exact) mass is 286 g/mol. The first-order valence-corrected chi connectivity index (χ1v) is 7.94. The Kier molecular flexibility index (Phi) is 6.02. The third kappa shape index (κ3) is 3.94. The van der Waals surface area contributed by atoms with Gasteiger partial charge in [0.1, 0.15) is 0 Å². The van der Waals surface area contributed by atoms with Crippen molar-refractivity contribution in [3.8, 4) is 0 Å². The van der Waals surface area contributed by atoms with E-state index in [0.717, 1.165) is 19.6 Å². The molecule has 0 aromatic rings. The molecule has 0 bridgehead atoms. The lowest BCUT2D eigenvalue weighted by molar-refractivity contribution is -0.0802. The minimum atomic E-state index is -0.161. The SMILES string of the molecule is CCNC1C(CN(CCO)C(C)C)C(C)(C)OC1(C)C. The van der Waals surface area contributed by atoms with E-state index in [0.29, 0.717) is 18.0 Å². The lowest BCUT2D eigenvalue weighted by Crippen LogP contribution is -2.52. The molecule has 0 saturated carbocycles. The standard InChI is InChI=1S/C16H34N2O2/c1-8-17-14-13(11-18(9-10-19)12(2)3)15(4,5)20-16(14,6)7/h12-14,17,19H,8-11H2,1-7H3. The van der Waals surface area contributed by atoms with Crippen LogP contribution in [0.5, 0.6) is 0 Å². The predicted molar refractivity (Wildman–Crippen MR) is 84.0 cm³/mol. The molecule has 2 atom stereocenters. The van der Waals surface area contributed by atoms with Gasteiger partial charge in [0.05, 0.1) is 17.8 Å². The van der Waals surface area contributed by atoms with Gasteiger partial charge >= 0.3 is 0 Å². The number of aliphatic hydroxyl groups excluding tert-OH is 1. The summed E-state index contributed by atoms with van der Waals surface area (Å²) in [5.41, 5.74) is -0.315. The first-order chi connectivity index (χ1) is 9.15. The fraction of sp³-hybridized carbons (Fsp3) is 1.00. The van der Waals surface area contributed by atoms with Crippen molar-refractivity contribution >= 4 is 0 Å². The molecule has 2 unspecified atom stereocenters. The fourth-order valence-corrected chi connectivity index (χ4v) is 3.58.